The lowest BCUT2D eigenvalue weighted by molar-refractivity contribution is 0.0957. The average Bonchev–Trinajstić information content (AvgIpc) is 2.27. The zero-order chi connectivity index (χ0) is 12.0. The third-order valence-electron chi connectivity index (χ3n) is 1.97. The summed E-state index contributed by atoms with van der Waals surface area (Å²) in [5, 5.41) is 3.10. The first-order valence-electron chi connectivity index (χ1n) is 4.83. The second-order valence-electron chi connectivity index (χ2n) is 3.33. The normalized spacial score (nSPS) is 9.88. The summed E-state index contributed by atoms with van der Waals surface area (Å²) in [7, 11) is 0. The van der Waals surface area contributed by atoms with Crippen LogP contribution in [0.1, 0.15) is 15.9 Å². The second-order valence-corrected chi connectivity index (χ2v) is 4.73. The largest absolute Gasteiger partial charge is 0.347 e. The second kappa shape index (κ2) is 6.61. The van der Waals surface area contributed by atoms with Crippen molar-refractivity contribution in [3.05, 3.63) is 47.0 Å². The lowest BCUT2D eigenvalue weighted by Crippen LogP contribution is -2.24. The number of amides is 1. The van der Waals surface area contributed by atoms with E-state index in [1.54, 1.807) is 11.8 Å². The van der Waals surface area contributed by atoms with E-state index in [0.29, 0.717) is 17.1 Å². The summed E-state index contributed by atoms with van der Waals surface area (Å²) >= 11 is 7.32. The Morgan fingerprint density at radius 3 is 2.56 bits per heavy atom. The lowest BCUT2D eigenvalue weighted by Gasteiger charge is -2.04. The minimum absolute atomic E-state index is 0.127. The molecule has 1 N–H and O–H groups in total. The van der Waals surface area contributed by atoms with Crippen molar-refractivity contribution in [2.45, 2.75) is 5.75 Å². The van der Waals surface area contributed by atoms with Crippen LogP contribution in [0.5, 0.6) is 0 Å². The van der Waals surface area contributed by atoms with Gasteiger partial charge in [0.1, 0.15) is 0 Å². The minimum atomic E-state index is -0.127. The van der Waals surface area contributed by atoms with Gasteiger partial charge in [0.2, 0.25) is 0 Å². The van der Waals surface area contributed by atoms with Gasteiger partial charge in [0.25, 0.3) is 5.91 Å². The van der Waals surface area contributed by atoms with E-state index in [0.717, 1.165) is 5.75 Å². The molecule has 4 heteroatoms. The minimum Gasteiger partial charge on any atom is -0.347 e. The molecule has 0 saturated heterocycles. The molecule has 1 aromatic rings. The van der Waals surface area contributed by atoms with E-state index >= 15 is 0 Å². The van der Waals surface area contributed by atoms with Crippen LogP contribution < -0.4 is 5.32 Å². The maximum absolute atomic E-state index is 11.6. The fourth-order valence-corrected chi connectivity index (χ4v) is 1.79. The number of hydrogen-bond donors (Lipinski definition) is 1. The maximum Gasteiger partial charge on any atom is 0.251 e. The molecule has 0 unspecified atom stereocenters. The molecular weight excluding hydrogens is 242 g/mol. The van der Waals surface area contributed by atoms with Crippen molar-refractivity contribution < 1.29 is 4.79 Å². The first kappa shape index (κ1) is 13.1. The van der Waals surface area contributed by atoms with Gasteiger partial charge in [-0.1, -0.05) is 30.3 Å². The standard InChI is InChI=1S/C12H14ClNOS/c1-9(13)7-14-12(15)11-5-3-10(4-6-11)8-16-2/h3-6H,1,7-8H2,2H3,(H,14,15). The number of thioether (sulfide) groups is 1. The quantitative estimate of drug-likeness (QED) is 0.876. The Bertz CT molecular complexity index is 375. The molecule has 1 rings (SSSR count). The molecule has 0 radical (unpaired) electrons. The van der Waals surface area contributed by atoms with E-state index < -0.39 is 0 Å². The first-order chi connectivity index (χ1) is 7.63. The van der Waals surface area contributed by atoms with Gasteiger partial charge in [0.05, 0.1) is 6.54 Å². The summed E-state index contributed by atoms with van der Waals surface area (Å²) in [5.74, 6) is 0.831. The zero-order valence-corrected chi connectivity index (χ0v) is 10.7. The highest BCUT2D eigenvalue weighted by atomic mass is 35.5. The SMILES string of the molecule is C=C(Cl)CNC(=O)c1ccc(CSC)cc1. The Labute approximate surface area is 105 Å². The van der Waals surface area contributed by atoms with Crippen molar-refractivity contribution in [3.8, 4) is 0 Å². The van der Waals surface area contributed by atoms with E-state index in [1.165, 1.54) is 5.56 Å². The highest BCUT2D eigenvalue weighted by molar-refractivity contribution is 7.97. The molecule has 0 aromatic heterocycles. The summed E-state index contributed by atoms with van der Waals surface area (Å²) in [6.45, 7) is 3.81. The highest BCUT2D eigenvalue weighted by Gasteiger charge is 2.04. The van der Waals surface area contributed by atoms with Gasteiger partial charge < -0.3 is 5.32 Å². The number of benzene rings is 1. The molecule has 0 saturated carbocycles. The summed E-state index contributed by atoms with van der Waals surface area (Å²) < 4.78 is 0. The molecule has 0 heterocycles. The van der Waals surface area contributed by atoms with Crippen molar-refractivity contribution in [2.75, 3.05) is 12.8 Å². The molecule has 1 aromatic carbocycles. The van der Waals surface area contributed by atoms with Gasteiger partial charge in [0, 0.05) is 16.3 Å². The van der Waals surface area contributed by atoms with Crippen molar-refractivity contribution in [2.24, 2.45) is 0 Å². The van der Waals surface area contributed by atoms with Gasteiger partial charge in [-0.25, -0.2) is 0 Å². The van der Waals surface area contributed by atoms with Crippen molar-refractivity contribution >= 4 is 29.3 Å². The maximum atomic E-state index is 11.6. The van der Waals surface area contributed by atoms with Gasteiger partial charge >= 0.3 is 0 Å². The Kier molecular flexibility index (Phi) is 5.43. The van der Waals surface area contributed by atoms with Crippen LogP contribution in [0.15, 0.2) is 35.9 Å². The predicted octanol–water partition coefficient (Wildman–Crippen LogP) is 3.03. The molecule has 0 bridgehead atoms. The molecular formula is C12H14ClNOS. The van der Waals surface area contributed by atoms with Crippen LogP contribution in [0.25, 0.3) is 0 Å². The molecule has 86 valence electrons. The fraction of sp³-hybridized carbons (Fsp3) is 0.250. The third kappa shape index (κ3) is 4.29. The van der Waals surface area contributed by atoms with Crippen LogP contribution in [0.3, 0.4) is 0 Å². The molecule has 0 aliphatic rings. The van der Waals surface area contributed by atoms with E-state index in [2.05, 4.69) is 11.9 Å². The Hall–Kier alpha value is -0.930. The van der Waals surface area contributed by atoms with Crippen molar-refractivity contribution in [1.82, 2.24) is 5.32 Å². The molecule has 0 spiro atoms. The third-order valence-corrected chi connectivity index (χ3v) is 2.72. The zero-order valence-electron chi connectivity index (χ0n) is 9.13. The summed E-state index contributed by atoms with van der Waals surface area (Å²) in [6.07, 6.45) is 2.05. The van der Waals surface area contributed by atoms with Crippen LogP contribution in [0.2, 0.25) is 0 Å². The van der Waals surface area contributed by atoms with Crippen molar-refractivity contribution in [3.63, 3.8) is 0 Å². The Morgan fingerprint density at radius 1 is 1.44 bits per heavy atom. The highest BCUT2D eigenvalue weighted by Crippen LogP contribution is 2.10. The molecule has 16 heavy (non-hydrogen) atoms. The van der Waals surface area contributed by atoms with Gasteiger partial charge in [-0.2, -0.15) is 11.8 Å². The number of hydrogen-bond acceptors (Lipinski definition) is 2. The smallest absolute Gasteiger partial charge is 0.251 e. The van der Waals surface area contributed by atoms with Gasteiger partial charge in [-0.3, -0.25) is 4.79 Å². The van der Waals surface area contributed by atoms with E-state index in [9.17, 15) is 4.79 Å². The van der Waals surface area contributed by atoms with Crippen LogP contribution in [-0.4, -0.2) is 18.7 Å². The Balaban J connectivity index is 2.59. The summed E-state index contributed by atoms with van der Waals surface area (Å²) in [4.78, 5) is 11.6. The molecule has 0 atom stereocenters. The number of carbonyl (C=O) groups excluding carboxylic acids is 1. The first-order valence-corrected chi connectivity index (χ1v) is 6.60. The van der Waals surface area contributed by atoms with E-state index in [-0.39, 0.29) is 5.91 Å². The van der Waals surface area contributed by atoms with Crippen LogP contribution in [0.4, 0.5) is 0 Å². The molecule has 2 nitrogen and oxygen atoms in total. The van der Waals surface area contributed by atoms with Gasteiger partial charge in [-0.15, -0.1) is 0 Å². The molecule has 0 aliphatic carbocycles. The van der Waals surface area contributed by atoms with Crippen molar-refractivity contribution in [1.29, 1.82) is 0 Å². The Morgan fingerprint density at radius 2 is 2.06 bits per heavy atom. The fourth-order valence-electron chi connectivity index (χ4n) is 1.20. The molecule has 0 fully saturated rings. The molecule has 1 amide bonds. The van der Waals surface area contributed by atoms with Crippen LogP contribution >= 0.6 is 23.4 Å². The number of nitrogens with one attached hydrogen (secondary N) is 1. The van der Waals surface area contributed by atoms with E-state index in [4.69, 9.17) is 11.6 Å². The lowest BCUT2D eigenvalue weighted by atomic mass is 10.1. The predicted molar refractivity (Wildman–Crippen MR) is 71.0 cm³/mol. The topological polar surface area (TPSA) is 29.1 Å². The van der Waals surface area contributed by atoms with Gasteiger partial charge in [-0.05, 0) is 24.0 Å². The van der Waals surface area contributed by atoms with Crippen LogP contribution in [-0.2, 0) is 5.75 Å². The van der Waals surface area contributed by atoms with E-state index in [1.807, 2.05) is 30.5 Å². The van der Waals surface area contributed by atoms with Crippen LogP contribution in [0, 0.1) is 0 Å². The molecule has 0 aliphatic heterocycles. The average molecular weight is 256 g/mol. The number of halogens is 1. The summed E-state index contributed by atoms with van der Waals surface area (Å²) in [5.41, 5.74) is 1.86. The number of rotatable bonds is 5. The van der Waals surface area contributed by atoms with Gasteiger partial charge in [0.15, 0.2) is 0 Å². The summed E-state index contributed by atoms with van der Waals surface area (Å²) in [6, 6.07) is 7.55. The monoisotopic (exact) mass is 255 g/mol. The number of carbonyl (C=O) groups is 1.